The molecule has 2 aromatic rings. The predicted molar refractivity (Wildman–Crippen MR) is 89.4 cm³/mol. The standard InChI is InChI=1S/C19H23NO3/c1-2-17(21)13-20(11-15-6-4-3-5-7-15)12-16-8-9-18-19(10-16)23-14-22-18/h3-10,17,21H,2,11-14H2,1H3/t17-/m0/s1. The molecule has 1 heterocycles. The first-order valence-electron chi connectivity index (χ1n) is 8.07. The summed E-state index contributed by atoms with van der Waals surface area (Å²) < 4.78 is 10.8. The van der Waals surface area contributed by atoms with E-state index in [2.05, 4.69) is 23.1 Å². The number of fused-ring (bicyclic) bond motifs is 1. The summed E-state index contributed by atoms with van der Waals surface area (Å²) in [5.41, 5.74) is 2.41. The van der Waals surface area contributed by atoms with Crippen molar-refractivity contribution in [2.24, 2.45) is 0 Å². The van der Waals surface area contributed by atoms with Gasteiger partial charge in [-0.25, -0.2) is 0 Å². The highest BCUT2D eigenvalue weighted by molar-refractivity contribution is 5.44. The number of nitrogens with zero attached hydrogens (tertiary/aromatic N) is 1. The zero-order chi connectivity index (χ0) is 16.1. The van der Waals surface area contributed by atoms with Crippen LogP contribution < -0.4 is 9.47 Å². The van der Waals surface area contributed by atoms with Crippen LogP contribution in [0.4, 0.5) is 0 Å². The second kappa shape index (κ2) is 7.49. The Hall–Kier alpha value is -2.04. The average molecular weight is 313 g/mol. The van der Waals surface area contributed by atoms with Gasteiger partial charge in [-0.15, -0.1) is 0 Å². The number of aliphatic hydroxyl groups is 1. The minimum Gasteiger partial charge on any atom is -0.454 e. The number of rotatable bonds is 7. The number of ether oxygens (including phenoxy) is 2. The molecule has 0 amide bonds. The highest BCUT2D eigenvalue weighted by Crippen LogP contribution is 2.32. The van der Waals surface area contributed by atoms with Crippen LogP contribution in [0, 0.1) is 0 Å². The van der Waals surface area contributed by atoms with Crippen molar-refractivity contribution in [3.05, 3.63) is 59.7 Å². The predicted octanol–water partition coefficient (Wildman–Crippen LogP) is 3.19. The van der Waals surface area contributed by atoms with Crippen molar-refractivity contribution in [1.82, 2.24) is 4.90 Å². The summed E-state index contributed by atoms with van der Waals surface area (Å²) >= 11 is 0. The summed E-state index contributed by atoms with van der Waals surface area (Å²) in [6.45, 7) is 4.53. The summed E-state index contributed by atoms with van der Waals surface area (Å²) in [6.07, 6.45) is 0.444. The van der Waals surface area contributed by atoms with Gasteiger partial charge in [0, 0.05) is 19.6 Å². The van der Waals surface area contributed by atoms with Gasteiger partial charge in [0.05, 0.1) is 6.10 Å². The van der Waals surface area contributed by atoms with Gasteiger partial charge in [0.2, 0.25) is 6.79 Å². The lowest BCUT2D eigenvalue weighted by molar-refractivity contribution is 0.101. The molecule has 4 nitrogen and oxygen atoms in total. The first-order valence-corrected chi connectivity index (χ1v) is 8.07. The van der Waals surface area contributed by atoms with Crippen molar-refractivity contribution >= 4 is 0 Å². The number of aliphatic hydroxyl groups excluding tert-OH is 1. The van der Waals surface area contributed by atoms with Gasteiger partial charge in [-0.05, 0) is 29.7 Å². The molecule has 2 aromatic carbocycles. The van der Waals surface area contributed by atoms with Crippen molar-refractivity contribution < 1.29 is 14.6 Å². The van der Waals surface area contributed by atoms with Gasteiger partial charge in [-0.1, -0.05) is 43.3 Å². The zero-order valence-electron chi connectivity index (χ0n) is 13.4. The van der Waals surface area contributed by atoms with Crippen LogP contribution in [0.15, 0.2) is 48.5 Å². The summed E-state index contributed by atoms with van der Waals surface area (Å²) in [5, 5.41) is 10.1. The summed E-state index contributed by atoms with van der Waals surface area (Å²) in [4.78, 5) is 2.26. The SMILES string of the molecule is CC[C@H](O)CN(Cc1ccccc1)Cc1ccc2c(c1)OCO2. The van der Waals surface area contributed by atoms with Gasteiger partial charge in [-0.3, -0.25) is 4.90 Å². The molecule has 3 rings (SSSR count). The van der Waals surface area contributed by atoms with Gasteiger partial charge < -0.3 is 14.6 Å². The van der Waals surface area contributed by atoms with Crippen LogP contribution in [-0.2, 0) is 13.1 Å². The van der Waals surface area contributed by atoms with E-state index in [1.54, 1.807) is 0 Å². The highest BCUT2D eigenvalue weighted by atomic mass is 16.7. The Morgan fingerprint density at radius 3 is 2.52 bits per heavy atom. The fraction of sp³-hybridized carbons (Fsp3) is 0.368. The van der Waals surface area contributed by atoms with Crippen LogP contribution in [0.2, 0.25) is 0 Å². The van der Waals surface area contributed by atoms with E-state index in [0.717, 1.165) is 36.6 Å². The van der Waals surface area contributed by atoms with Crippen LogP contribution in [-0.4, -0.2) is 29.4 Å². The van der Waals surface area contributed by atoms with E-state index < -0.39 is 0 Å². The third kappa shape index (κ3) is 4.24. The van der Waals surface area contributed by atoms with Gasteiger partial charge in [0.25, 0.3) is 0 Å². The smallest absolute Gasteiger partial charge is 0.231 e. The van der Waals surface area contributed by atoms with Crippen molar-refractivity contribution in [1.29, 1.82) is 0 Å². The molecule has 0 saturated heterocycles. The van der Waals surface area contributed by atoms with Crippen LogP contribution in [0.25, 0.3) is 0 Å². The highest BCUT2D eigenvalue weighted by Gasteiger charge is 2.16. The first-order chi connectivity index (χ1) is 11.2. The number of hydrogen-bond donors (Lipinski definition) is 1. The van der Waals surface area contributed by atoms with E-state index in [1.807, 2.05) is 37.3 Å². The Balaban J connectivity index is 1.72. The van der Waals surface area contributed by atoms with Crippen LogP contribution in [0.3, 0.4) is 0 Å². The van der Waals surface area contributed by atoms with E-state index in [4.69, 9.17) is 9.47 Å². The molecule has 23 heavy (non-hydrogen) atoms. The van der Waals surface area contributed by atoms with Crippen molar-refractivity contribution in [3.63, 3.8) is 0 Å². The second-order valence-corrected chi connectivity index (χ2v) is 5.90. The van der Waals surface area contributed by atoms with Crippen molar-refractivity contribution in [2.75, 3.05) is 13.3 Å². The average Bonchev–Trinajstić information content (AvgIpc) is 3.03. The Bertz CT molecular complexity index is 630. The van der Waals surface area contributed by atoms with Crippen molar-refractivity contribution in [3.8, 4) is 11.5 Å². The fourth-order valence-electron chi connectivity index (χ4n) is 2.75. The monoisotopic (exact) mass is 313 g/mol. The molecule has 0 aliphatic carbocycles. The minimum atomic E-state index is -0.312. The van der Waals surface area contributed by atoms with E-state index >= 15 is 0 Å². The summed E-state index contributed by atoms with van der Waals surface area (Å²) in [5.74, 6) is 1.61. The Morgan fingerprint density at radius 2 is 1.74 bits per heavy atom. The summed E-state index contributed by atoms with van der Waals surface area (Å²) in [7, 11) is 0. The molecule has 1 atom stereocenters. The first kappa shape index (κ1) is 15.8. The molecular formula is C19H23NO3. The maximum atomic E-state index is 10.1. The molecule has 0 saturated carbocycles. The second-order valence-electron chi connectivity index (χ2n) is 5.90. The quantitative estimate of drug-likeness (QED) is 0.852. The molecular weight excluding hydrogens is 290 g/mol. The lowest BCUT2D eigenvalue weighted by atomic mass is 10.1. The van der Waals surface area contributed by atoms with Crippen LogP contribution in [0.5, 0.6) is 11.5 Å². The summed E-state index contributed by atoms with van der Waals surface area (Å²) in [6, 6.07) is 16.4. The van der Waals surface area contributed by atoms with E-state index in [-0.39, 0.29) is 6.10 Å². The maximum absolute atomic E-state index is 10.1. The van der Waals surface area contributed by atoms with Gasteiger partial charge >= 0.3 is 0 Å². The lowest BCUT2D eigenvalue weighted by Gasteiger charge is -2.25. The lowest BCUT2D eigenvalue weighted by Crippen LogP contribution is -2.31. The third-order valence-corrected chi connectivity index (χ3v) is 4.03. The van der Waals surface area contributed by atoms with Gasteiger partial charge in [0.15, 0.2) is 11.5 Å². The fourth-order valence-corrected chi connectivity index (χ4v) is 2.75. The van der Waals surface area contributed by atoms with E-state index in [9.17, 15) is 5.11 Å². The Kier molecular flexibility index (Phi) is 5.16. The molecule has 1 N–H and O–H groups in total. The Morgan fingerprint density at radius 1 is 1.00 bits per heavy atom. The third-order valence-electron chi connectivity index (χ3n) is 4.03. The van der Waals surface area contributed by atoms with Crippen LogP contribution in [0.1, 0.15) is 24.5 Å². The molecule has 0 spiro atoms. The minimum absolute atomic E-state index is 0.293. The molecule has 0 radical (unpaired) electrons. The van der Waals surface area contributed by atoms with E-state index in [0.29, 0.717) is 13.3 Å². The molecule has 0 aromatic heterocycles. The molecule has 1 aliphatic heterocycles. The number of hydrogen-bond acceptors (Lipinski definition) is 4. The molecule has 0 fully saturated rings. The molecule has 0 bridgehead atoms. The normalized spacial score (nSPS) is 14.2. The van der Waals surface area contributed by atoms with E-state index in [1.165, 1.54) is 5.56 Å². The molecule has 0 unspecified atom stereocenters. The zero-order valence-corrected chi connectivity index (χ0v) is 13.4. The number of benzene rings is 2. The van der Waals surface area contributed by atoms with Gasteiger partial charge in [-0.2, -0.15) is 0 Å². The van der Waals surface area contributed by atoms with Crippen molar-refractivity contribution in [2.45, 2.75) is 32.5 Å². The largest absolute Gasteiger partial charge is 0.454 e. The topological polar surface area (TPSA) is 41.9 Å². The molecule has 1 aliphatic rings. The Labute approximate surface area is 137 Å². The van der Waals surface area contributed by atoms with Crippen LogP contribution >= 0.6 is 0 Å². The maximum Gasteiger partial charge on any atom is 0.231 e. The van der Waals surface area contributed by atoms with Gasteiger partial charge in [0.1, 0.15) is 0 Å². The molecule has 122 valence electrons. The molecule has 4 heteroatoms.